The van der Waals surface area contributed by atoms with Gasteiger partial charge in [-0.15, -0.1) is 5.10 Å². The van der Waals surface area contributed by atoms with Crippen LogP contribution in [-0.2, 0) is 4.79 Å². The van der Waals surface area contributed by atoms with Gasteiger partial charge in [0.2, 0.25) is 5.91 Å². The number of ether oxygens (including phenoxy) is 2. The van der Waals surface area contributed by atoms with Gasteiger partial charge in [-0.05, 0) is 58.8 Å². The molecule has 0 bridgehead atoms. The Labute approximate surface area is 227 Å². The molecule has 0 saturated carbocycles. The second-order valence-corrected chi connectivity index (χ2v) is 11.0. The smallest absolute Gasteiger partial charge is 0.437 e. The van der Waals surface area contributed by atoms with Crippen LogP contribution in [0.5, 0.6) is 11.5 Å². The topological polar surface area (TPSA) is 119 Å². The molecule has 4 heterocycles. The summed E-state index contributed by atoms with van der Waals surface area (Å²) in [4.78, 5) is 31.9. The van der Waals surface area contributed by atoms with E-state index in [0.29, 0.717) is 49.3 Å². The molecule has 5 rings (SSSR count). The maximum absolute atomic E-state index is 12.7. The number of fused-ring (bicyclic) bond motifs is 1. The van der Waals surface area contributed by atoms with Crippen molar-refractivity contribution in [2.45, 2.75) is 50.6 Å². The lowest BCUT2D eigenvalue weighted by atomic mass is 10.0. The number of nitrogens with two attached hydrogens (primary N) is 1. The van der Waals surface area contributed by atoms with Crippen LogP contribution >= 0.6 is 11.6 Å². The summed E-state index contributed by atoms with van der Waals surface area (Å²) in [5.74, 6) is 0.609. The zero-order valence-corrected chi connectivity index (χ0v) is 22.9. The van der Waals surface area contributed by atoms with Crippen molar-refractivity contribution in [3.63, 3.8) is 0 Å². The van der Waals surface area contributed by atoms with Crippen LogP contribution in [0.3, 0.4) is 0 Å². The van der Waals surface area contributed by atoms with E-state index in [1.54, 1.807) is 6.07 Å². The predicted molar refractivity (Wildman–Crippen MR) is 144 cm³/mol. The fourth-order valence-electron chi connectivity index (χ4n) is 5.60. The summed E-state index contributed by atoms with van der Waals surface area (Å²) in [6.07, 6.45) is 5.30. The molecule has 0 radical (unpaired) electrons. The average Bonchev–Trinajstić information content (AvgIpc) is 3.55. The number of nitrogens with zero attached hydrogens (tertiary/aromatic N) is 5. The predicted octanol–water partition coefficient (Wildman–Crippen LogP) is 2.48. The van der Waals surface area contributed by atoms with Crippen LogP contribution in [0.25, 0.3) is 11.5 Å². The van der Waals surface area contributed by atoms with Crippen LogP contribution in [0.1, 0.15) is 44.6 Å². The minimum atomic E-state index is -0.520. The fourth-order valence-corrected chi connectivity index (χ4v) is 5.80. The van der Waals surface area contributed by atoms with E-state index in [2.05, 4.69) is 29.0 Å². The maximum atomic E-state index is 12.7. The molecule has 1 atom stereocenters. The molecule has 0 unspecified atom stereocenters. The number of halogens is 1. The number of hydrogen-bond donors (Lipinski definition) is 1. The first kappa shape index (κ1) is 26.8. The van der Waals surface area contributed by atoms with Crippen molar-refractivity contribution >= 4 is 23.2 Å². The number of amides is 1. The first-order valence-electron chi connectivity index (χ1n) is 13.5. The van der Waals surface area contributed by atoms with E-state index in [9.17, 15) is 9.59 Å². The van der Waals surface area contributed by atoms with Gasteiger partial charge in [0, 0.05) is 38.6 Å². The third kappa shape index (κ3) is 5.64. The second-order valence-electron chi connectivity index (χ2n) is 10.6. The molecule has 3 aliphatic rings. The molecular formula is C26H37ClN6O5. The number of benzene rings is 1. The van der Waals surface area contributed by atoms with Gasteiger partial charge >= 0.3 is 5.76 Å². The highest BCUT2D eigenvalue weighted by atomic mass is 35.5. The van der Waals surface area contributed by atoms with Gasteiger partial charge in [0.25, 0.3) is 5.89 Å². The van der Waals surface area contributed by atoms with E-state index in [0.717, 1.165) is 58.3 Å². The number of nitrogen functional groups attached to an aromatic ring is 1. The maximum Gasteiger partial charge on any atom is 0.437 e. The molecule has 1 aromatic carbocycles. The number of rotatable bonds is 8. The van der Waals surface area contributed by atoms with Gasteiger partial charge in [0.1, 0.15) is 13.2 Å². The van der Waals surface area contributed by atoms with E-state index >= 15 is 0 Å². The van der Waals surface area contributed by atoms with Crippen LogP contribution in [0.15, 0.2) is 15.3 Å². The Hall–Kier alpha value is -2.76. The number of aromatic nitrogens is 2. The number of carbonyl (C=O) groups is 1. The molecule has 3 aliphatic heterocycles. The summed E-state index contributed by atoms with van der Waals surface area (Å²) >= 11 is 6.29. The zero-order valence-electron chi connectivity index (χ0n) is 22.2. The summed E-state index contributed by atoms with van der Waals surface area (Å²) in [5.41, 5.74) is 6.77. The van der Waals surface area contributed by atoms with Gasteiger partial charge in [-0.25, -0.2) is 4.79 Å². The molecule has 38 heavy (non-hydrogen) atoms. The van der Waals surface area contributed by atoms with Crippen molar-refractivity contribution < 1.29 is 18.7 Å². The van der Waals surface area contributed by atoms with Crippen molar-refractivity contribution in [2.75, 3.05) is 65.8 Å². The Morgan fingerprint density at radius 1 is 1.13 bits per heavy atom. The second kappa shape index (κ2) is 11.5. The Balaban J connectivity index is 1.13. The van der Waals surface area contributed by atoms with Crippen molar-refractivity contribution in [1.82, 2.24) is 24.5 Å². The first-order valence-corrected chi connectivity index (χ1v) is 13.8. The molecule has 2 saturated heterocycles. The molecule has 2 N–H and O–H groups in total. The van der Waals surface area contributed by atoms with Gasteiger partial charge in [-0.2, -0.15) is 4.68 Å². The monoisotopic (exact) mass is 548 g/mol. The number of hydrogen-bond acceptors (Lipinski definition) is 9. The molecule has 2 aromatic rings. The van der Waals surface area contributed by atoms with E-state index in [4.69, 9.17) is 31.2 Å². The summed E-state index contributed by atoms with van der Waals surface area (Å²) < 4.78 is 18.3. The van der Waals surface area contributed by atoms with Gasteiger partial charge < -0.3 is 34.3 Å². The number of anilines is 1. The van der Waals surface area contributed by atoms with Gasteiger partial charge in [0.05, 0.1) is 22.3 Å². The third-order valence-electron chi connectivity index (χ3n) is 7.86. The molecule has 2 fully saturated rings. The lowest BCUT2D eigenvalue weighted by Gasteiger charge is -2.35. The Morgan fingerprint density at radius 3 is 2.61 bits per heavy atom. The van der Waals surface area contributed by atoms with Crippen molar-refractivity contribution in [3.05, 3.63) is 21.6 Å². The Kier molecular flexibility index (Phi) is 8.15. The van der Waals surface area contributed by atoms with E-state index < -0.39 is 5.76 Å². The Morgan fingerprint density at radius 2 is 1.87 bits per heavy atom. The molecule has 1 amide bonds. The minimum absolute atomic E-state index is 0.0862. The molecule has 0 spiro atoms. The highest BCUT2D eigenvalue weighted by molar-refractivity contribution is 6.34. The van der Waals surface area contributed by atoms with Crippen molar-refractivity contribution in [3.8, 4) is 23.0 Å². The fraction of sp³-hybridized carbons (Fsp3) is 0.654. The largest absolute Gasteiger partial charge is 0.485 e. The lowest BCUT2D eigenvalue weighted by molar-refractivity contribution is -0.132. The summed E-state index contributed by atoms with van der Waals surface area (Å²) in [7, 11) is 4.21. The molecule has 208 valence electrons. The van der Waals surface area contributed by atoms with Gasteiger partial charge in [0.15, 0.2) is 11.5 Å². The number of likely N-dealkylation sites (tertiary alicyclic amines) is 2. The minimum Gasteiger partial charge on any atom is -0.485 e. The molecular weight excluding hydrogens is 512 g/mol. The van der Waals surface area contributed by atoms with Crippen LogP contribution < -0.4 is 21.0 Å². The SMILES string of the molecule is CN(C)C1CCN(C(=O)CCCCN2CC[C@H](n3nc(-c4cc(Cl)c(N)c5c4OCCO5)oc3=O)C2)CC1. The zero-order chi connectivity index (χ0) is 26.8. The lowest BCUT2D eigenvalue weighted by Crippen LogP contribution is -2.44. The van der Waals surface area contributed by atoms with Crippen LogP contribution in [-0.4, -0.2) is 96.5 Å². The number of unbranched alkanes of at least 4 members (excludes halogenated alkanes) is 1. The third-order valence-corrected chi connectivity index (χ3v) is 8.17. The number of piperidine rings is 1. The summed E-state index contributed by atoms with van der Waals surface area (Å²) in [5, 5.41) is 4.77. The Bertz CT molecular complexity index is 1210. The number of carbonyl (C=O) groups excluding carboxylic acids is 1. The van der Waals surface area contributed by atoms with E-state index in [-0.39, 0.29) is 28.5 Å². The van der Waals surface area contributed by atoms with E-state index in [1.165, 1.54) is 4.68 Å². The van der Waals surface area contributed by atoms with Crippen LogP contribution in [0.4, 0.5) is 5.69 Å². The first-order chi connectivity index (χ1) is 18.3. The van der Waals surface area contributed by atoms with Crippen LogP contribution in [0.2, 0.25) is 5.02 Å². The molecule has 1 aromatic heterocycles. The highest BCUT2D eigenvalue weighted by Crippen LogP contribution is 2.46. The van der Waals surface area contributed by atoms with Gasteiger partial charge in [-0.3, -0.25) is 4.79 Å². The molecule has 12 heteroatoms. The van der Waals surface area contributed by atoms with Crippen LogP contribution in [0, 0.1) is 0 Å². The molecule has 0 aliphatic carbocycles. The quantitative estimate of drug-likeness (QED) is 0.392. The average molecular weight is 549 g/mol. The van der Waals surface area contributed by atoms with Crippen molar-refractivity contribution in [2.24, 2.45) is 0 Å². The van der Waals surface area contributed by atoms with E-state index in [1.807, 2.05) is 4.90 Å². The normalized spacial score (nSPS) is 20.4. The standard InChI is InChI=1S/C26H37ClN6O5/c1-30(2)17-7-11-32(12-8-17)21(34)5-3-4-9-31-10-6-18(16-31)33-26(35)38-25(29-33)19-15-20(27)22(28)24-23(19)36-13-14-37-24/h15,17-18H,3-14,16,28H2,1-2H3/t18-/m0/s1. The highest BCUT2D eigenvalue weighted by Gasteiger charge is 2.30. The van der Waals surface area contributed by atoms with Gasteiger partial charge in [-0.1, -0.05) is 11.6 Å². The summed E-state index contributed by atoms with van der Waals surface area (Å²) in [6, 6.07) is 2.08. The summed E-state index contributed by atoms with van der Waals surface area (Å²) in [6.45, 7) is 4.88. The molecule has 11 nitrogen and oxygen atoms in total. The van der Waals surface area contributed by atoms with Crippen molar-refractivity contribution in [1.29, 1.82) is 0 Å².